The molecule has 0 spiro atoms. The van der Waals surface area contributed by atoms with Crippen LogP contribution in [0.15, 0.2) is 18.3 Å². The molecule has 1 aliphatic carbocycles. The van der Waals surface area contributed by atoms with Crippen LogP contribution < -0.4 is 5.32 Å². The number of carbonyl (C=O) groups is 1. The van der Waals surface area contributed by atoms with Crippen molar-refractivity contribution in [2.75, 3.05) is 27.8 Å². The molecule has 0 saturated heterocycles. The third-order valence-electron chi connectivity index (χ3n) is 3.68. The zero-order valence-electron chi connectivity index (χ0n) is 12.4. The van der Waals surface area contributed by atoms with Gasteiger partial charge in [-0.1, -0.05) is 0 Å². The van der Waals surface area contributed by atoms with Crippen molar-refractivity contribution in [2.45, 2.75) is 25.4 Å². The van der Waals surface area contributed by atoms with E-state index < -0.39 is 0 Å². The smallest absolute Gasteiger partial charge is 0.253 e. The highest BCUT2D eigenvalue weighted by Crippen LogP contribution is 2.27. The Morgan fingerprint density at radius 2 is 2.25 bits per heavy atom. The van der Waals surface area contributed by atoms with Gasteiger partial charge in [0.2, 0.25) is 0 Å². The van der Waals surface area contributed by atoms with Crippen molar-refractivity contribution in [1.29, 1.82) is 0 Å². The van der Waals surface area contributed by atoms with Crippen LogP contribution in [-0.2, 0) is 11.3 Å². The van der Waals surface area contributed by atoms with Gasteiger partial charge in [-0.25, -0.2) is 0 Å². The number of hydrogen-bond donors (Lipinski definition) is 1. The van der Waals surface area contributed by atoms with Crippen molar-refractivity contribution < 1.29 is 9.53 Å². The fourth-order valence-corrected chi connectivity index (χ4v) is 2.40. The highest BCUT2D eigenvalue weighted by Gasteiger charge is 2.32. The quantitative estimate of drug-likeness (QED) is 0.851. The van der Waals surface area contributed by atoms with E-state index in [-0.39, 0.29) is 11.9 Å². The Balaban J connectivity index is 1.89. The summed E-state index contributed by atoms with van der Waals surface area (Å²) in [6.07, 6.45) is 3.81. The molecule has 2 atom stereocenters. The molecule has 5 heteroatoms. The van der Waals surface area contributed by atoms with Gasteiger partial charge in [-0.15, -0.1) is 0 Å². The molecule has 0 aliphatic heterocycles. The summed E-state index contributed by atoms with van der Waals surface area (Å²) >= 11 is 0. The molecule has 1 heterocycles. The first kappa shape index (κ1) is 14.9. The molecular weight excluding hydrogens is 254 g/mol. The molecule has 1 aromatic heterocycles. The summed E-state index contributed by atoms with van der Waals surface area (Å²) in [6, 6.07) is 3.98. The van der Waals surface area contributed by atoms with Crippen molar-refractivity contribution in [3.05, 3.63) is 29.6 Å². The molecule has 1 aliphatic rings. The number of rotatable bonds is 6. The first-order valence-electron chi connectivity index (χ1n) is 6.99. The van der Waals surface area contributed by atoms with Crippen LogP contribution in [0.2, 0.25) is 0 Å². The molecule has 1 saturated carbocycles. The minimum absolute atomic E-state index is 0.0419. The van der Waals surface area contributed by atoms with Crippen LogP contribution in [0, 0.1) is 5.92 Å². The average Bonchev–Trinajstić information content (AvgIpc) is 2.41. The fraction of sp³-hybridized carbons (Fsp3) is 0.600. The van der Waals surface area contributed by atoms with Crippen LogP contribution in [0.1, 0.15) is 28.9 Å². The zero-order valence-corrected chi connectivity index (χ0v) is 12.4. The number of methoxy groups -OCH3 is 1. The Kier molecular flexibility index (Phi) is 5.09. The van der Waals surface area contributed by atoms with E-state index in [1.54, 1.807) is 13.3 Å². The summed E-state index contributed by atoms with van der Waals surface area (Å²) < 4.78 is 5.15. The van der Waals surface area contributed by atoms with Gasteiger partial charge in [0.1, 0.15) is 0 Å². The van der Waals surface area contributed by atoms with Gasteiger partial charge < -0.3 is 15.0 Å². The van der Waals surface area contributed by atoms with Gasteiger partial charge in [0, 0.05) is 31.8 Å². The number of amides is 1. The Morgan fingerprint density at radius 3 is 2.75 bits per heavy atom. The average molecular weight is 277 g/mol. The maximum atomic E-state index is 12.1. The van der Waals surface area contributed by atoms with E-state index in [0.29, 0.717) is 18.1 Å². The van der Waals surface area contributed by atoms with Crippen LogP contribution in [0.5, 0.6) is 0 Å². The van der Waals surface area contributed by atoms with Crippen LogP contribution in [0.25, 0.3) is 0 Å². The lowest BCUT2D eigenvalue weighted by Crippen LogP contribution is -2.48. The van der Waals surface area contributed by atoms with Crippen molar-refractivity contribution in [3.8, 4) is 0 Å². The van der Waals surface area contributed by atoms with Crippen molar-refractivity contribution in [2.24, 2.45) is 5.92 Å². The molecular formula is C15H23N3O2. The normalized spacial score (nSPS) is 21.6. The molecule has 1 fully saturated rings. The Hall–Kier alpha value is -1.46. The summed E-state index contributed by atoms with van der Waals surface area (Å²) in [6.45, 7) is 1.49. The van der Waals surface area contributed by atoms with Gasteiger partial charge in [0.15, 0.2) is 0 Å². The maximum Gasteiger partial charge on any atom is 0.253 e. The van der Waals surface area contributed by atoms with Gasteiger partial charge >= 0.3 is 0 Å². The summed E-state index contributed by atoms with van der Waals surface area (Å²) in [5.41, 5.74) is 1.59. The SMILES string of the molecule is COC[C@H]1CC[C@H]1NC(=O)c1ccc(CN(C)C)nc1. The summed E-state index contributed by atoms with van der Waals surface area (Å²) in [5.74, 6) is 0.407. The number of carbonyl (C=O) groups excluding carboxylic acids is 1. The molecule has 1 N–H and O–H groups in total. The first-order valence-corrected chi connectivity index (χ1v) is 6.99. The Labute approximate surface area is 120 Å². The molecule has 2 rings (SSSR count). The summed E-state index contributed by atoms with van der Waals surface area (Å²) in [4.78, 5) is 18.5. The molecule has 0 bridgehead atoms. The molecule has 1 amide bonds. The predicted molar refractivity (Wildman–Crippen MR) is 77.5 cm³/mol. The third kappa shape index (κ3) is 3.77. The maximum absolute atomic E-state index is 12.1. The van der Waals surface area contributed by atoms with Gasteiger partial charge in [0.05, 0.1) is 17.9 Å². The second-order valence-electron chi connectivity index (χ2n) is 5.65. The lowest BCUT2D eigenvalue weighted by Gasteiger charge is -2.36. The van der Waals surface area contributed by atoms with E-state index in [1.165, 1.54) is 0 Å². The number of hydrogen-bond acceptors (Lipinski definition) is 4. The van der Waals surface area contributed by atoms with E-state index in [0.717, 1.165) is 25.1 Å². The van der Waals surface area contributed by atoms with Crippen molar-refractivity contribution in [1.82, 2.24) is 15.2 Å². The second-order valence-corrected chi connectivity index (χ2v) is 5.65. The summed E-state index contributed by atoms with van der Waals surface area (Å²) in [5, 5.41) is 3.06. The topological polar surface area (TPSA) is 54.5 Å². The third-order valence-corrected chi connectivity index (χ3v) is 3.68. The van der Waals surface area contributed by atoms with E-state index in [9.17, 15) is 4.79 Å². The van der Waals surface area contributed by atoms with Gasteiger partial charge in [-0.05, 0) is 39.1 Å². The Bertz CT molecular complexity index is 445. The van der Waals surface area contributed by atoms with E-state index in [4.69, 9.17) is 4.74 Å². The van der Waals surface area contributed by atoms with E-state index in [1.807, 2.05) is 31.1 Å². The highest BCUT2D eigenvalue weighted by atomic mass is 16.5. The molecule has 0 radical (unpaired) electrons. The number of pyridine rings is 1. The van der Waals surface area contributed by atoms with Crippen LogP contribution in [0.3, 0.4) is 0 Å². The van der Waals surface area contributed by atoms with Gasteiger partial charge in [-0.3, -0.25) is 9.78 Å². The highest BCUT2D eigenvalue weighted by molar-refractivity contribution is 5.94. The molecule has 0 unspecified atom stereocenters. The van der Waals surface area contributed by atoms with Crippen LogP contribution >= 0.6 is 0 Å². The van der Waals surface area contributed by atoms with E-state index >= 15 is 0 Å². The minimum atomic E-state index is -0.0419. The van der Waals surface area contributed by atoms with Crippen LogP contribution in [0.4, 0.5) is 0 Å². The largest absolute Gasteiger partial charge is 0.384 e. The molecule has 110 valence electrons. The standard InChI is InChI=1S/C15H23N3O2/c1-18(2)9-13-6-4-11(8-16-13)15(19)17-14-7-5-12(14)10-20-3/h4,6,8,12,14H,5,7,9-10H2,1-3H3,(H,17,19)/t12-,14-/m1/s1. The number of nitrogens with zero attached hydrogens (tertiary/aromatic N) is 2. The fourth-order valence-electron chi connectivity index (χ4n) is 2.40. The van der Waals surface area contributed by atoms with E-state index in [2.05, 4.69) is 10.3 Å². The summed E-state index contributed by atoms with van der Waals surface area (Å²) in [7, 11) is 5.69. The van der Waals surface area contributed by atoms with Crippen LogP contribution in [-0.4, -0.2) is 49.6 Å². The lowest BCUT2D eigenvalue weighted by molar-refractivity contribution is 0.0670. The lowest BCUT2D eigenvalue weighted by atomic mass is 9.80. The zero-order chi connectivity index (χ0) is 14.5. The minimum Gasteiger partial charge on any atom is -0.384 e. The molecule has 5 nitrogen and oxygen atoms in total. The molecule has 20 heavy (non-hydrogen) atoms. The molecule has 0 aromatic carbocycles. The van der Waals surface area contributed by atoms with Crippen molar-refractivity contribution in [3.63, 3.8) is 0 Å². The Morgan fingerprint density at radius 1 is 1.45 bits per heavy atom. The second kappa shape index (κ2) is 6.81. The number of aromatic nitrogens is 1. The van der Waals surface area contributed by atoms with Gasteiger partial charge in [0.25, 0.3) is 5.91 Å². The predicted octanol–water partition coefficient (Wildman–Crippen LogP) is 1.30. The molecule has 1 aromatic rings. The van der Waals surface area contributed by atoms with Gasteiger partial charge in [-0.2, -0.15) is 0 Å². The number of nitrogens with one attached hydrogen (secondary N) is 1. The monoisotopic (exact) mass is 277 g/mol. The number of ether oxygens (including phenoxy) is 1. The first-order chi connectivity index (χ1) is 9.60. The van der Waals surface area contributed by atoms with Crippen molar-refractivity contribution >= 4 is 5.91 Å².